The van der Waals surface area contributed by atoms with Gasteiger partial charge in [-0.15, -0.1) is 11.3 Å². The van der Waals surface area contributed by atoms with Gasteiger partial charge in [0.2, 0.25) is 5.52 Å². The Balaban J connectivity index is 1.98. The first-order valence-electron chi connectivity index (χ1n) is 10.2. The minimum absolute atomic E-state index is 0.288. The second-order valence-corrected chi connectivity index (χ2v) is 9.65. The molecule has 3 nitrogen and oxygen atoms in total. The highest BCUT2D eigenvalue weighted by Gasteiger charge is 2.28. The number of furan rings is 1. The number of hydrogen-bond donors (Lipinski definition) is 0. The maximum atomic E-state index is 13.9. The van der Waals surface area contributed by atoms with Crippen LogP contribution in [0.1, 0.15) is 41.3 Å². The SMILES string of the molecule is Cc1cc2c(oc3cc(F)ccc32)c(-c2c3sc(C)c(C(C)C)c3nc[n+]2C)c1C. The Kier molecular flexibility index (Phi) is 4.23. The zero-order valence-electron chi connectivity index (χ0n) is 18.1. The number of aryl methyl sites for hydroxylation is 3. The first-order chi connectivity index (χ1) is 14.3. The van der Waals surface area contributed by atoms with Crippen molar-refractivity contribution in [3.05, 3.63) is 58.0 Å². The zero-order chi connectivity index (χ0) is 21.3. The summed E-state index contributed by atoms with van der Waals surface area (Å²) in [7, 11) is 2.03. The van der Waals surface area contributed by atoms with Crippen molar-refractivity contribution in [3.63, 3.8) is 0 Å². The molecule has 0 aliphatic carbocycles. The lowest BCUT2D eigenvalue weighted by Gasteiger charge is -2.11. The summed E-state index contributed by atoms with van der Waals surface area (Å²) in [5, 5.41) is 1.96. The van der Waals surface area contributed by atoms with E-state index in [1.807, 2.05) is 19.4 Å². The lowest BCUT2D eigenvalue weighted by atomic mass is 9.95. The summed E-state index contributed by atoms with van der Waals surface area (Å²) < 4.78 is 23.4. The van der Waals surface area contributed by atoms with E-state index in [1.54, 1.807) is 11.3 Å². The van der Waals surface area contributed by atoms with Gasteiger partial charge in [-0.2, -0.15) is 0 Å². The van der Waals surface area contributed by atoms with Crippen LogP contribution in [-0.4, -0.2) is 4.98 Å². The second-order valence-electron chi connectivity index (χ2n) is 8.42. The Morgan fingerprint density at radius 2 is 1.87 bits per heavy atom. The van der Waals surface area contributed by atoms with E-state index < -0.39 is 0 Å². The predicted molar refractivity (Wildman–Crippen MR) is 122 cm³/mol. The third-order valence-corrected chi connectivity index (χ3v) is 7.21. The summed E-state index contributed by atoms with van der Waals surface area (Å²) in [6.45, 7) is 10.9. The Hall–Kier alpha value is -2.79. The summed E-state index contributed by atoms with van der Waals surface area (Å²) in [6, 6.07) is 6.92. The third-order valence-electron chi connectivity index (χ3n) is 6.09. The van der Waals surface area contributed by atoms with Gasteiger partial charge in [-0.25, -0.2) is 8.96 Å². The van der Waals surface area contributed by atoms with Gasteiger partial charge in [0.15, 0.2) is 5.69 Å². The average molecular weight is 420 g/mol. The molecule has 0 saturated heterocycles. The standard InChI is InChI=1S/C25H24FN2OS/c1-12(2)20-15(5)30-25-22(20)27-11-28(6)23(25)21-14(4)13(3)9-18-17-8-7-16(26)10-19(17)29-24(18)21/h7-12H,1-6H3/q+1. The van der Waals surface area contributed by atoms with Gasteiger partial charge < -0.3 is 4.42 Å². The molecule has 0 unspecified atom stereocenters. The second kappa shape index (κ2) is 6.61. The van der Waals surface area contributed by atoms with Crippen LogP contribution in [0, 0.1) is 26.6 Å². The van der Waals surface area contributed by atoms with Gasteiger partial charge in [-0.05, 0) is 61.0 Å². The summed E-state index contributed by atoms with van der Waals surface area (Å²) in [4.78, 5) is 6.09. The quantitative estimate of drug-likeness (QED) is 0.292. The highest BCUT2D eigenvalue weighted by atomic mass is 32.1. The van der Waals surface area contributed by atoms with Crippen LogP contribution in [-0.2, 0) is 7.05 Å². The highest BCUT2D eigenvalue weighted by molar-refractivity contribution is 7.19. The largest absolute Gasteiger partial charge is 0.455 e. The minimum atomic E-state index is -0.288. The van der Waals surface area contributed by atoms with Gasteiger partial charge in [0, 0.05) is 27.3 Å². The molecule has 0 saturated carbocycles. The van der Waals surface area contributed by atoms with E-state index in [-0.39, 0.29) is 5.82 Å². The van der Waals surface area contributed by atoms with Crippen LogP contribution in [0.3, 0.4) is 0 Å². The maximum Gasteiger partial charge on any atom is 0.287 e. The van der Waals surface area contributed by atoms with Gasteiger partial charge in [0.1, 0.15) is 21.7 Å². The number of benzene rings is 2. The van der Waals surface area contributed by atoms with Gasteiger partial charge in [0.25, 0.3) is 6.33 Å². The van der Waals surface area contributed by atoms with Crippen LogP contribution in [0.5, 0.6) is 0 Å². The fraction of sp³-hybridized carbons (Fsp3) is 0.280. The van der Waals surface area contributed by atoms with Crippen molar-refractivity contribution in [1.29, 1.82) is 0 Å². The zero-order valence-corrected chi connectivity index (χ0v) is 18.9. The van der Waals surface area contributed by atoms with Crippen LogP contribution in [0.25, 0.3) is 43.4 Å². The Morgan fingerprint density at radius 1 is 1.10 bits per heavy atom. The molecule has 0 atom stereocenters. The lowest BCUT2D eigenvalue weighted by molar-refractivity contribution is -0.662. The van der Waals surface area contributed by atoms with E-state index in [0.717, 1.165) is 33.1 Å². The molecule has 0 aliphatic rings. The van der Waals surface area contributed by atoms with Crippen molar-refractivity contribution in [2.75, 3.05) is 0 Å². The van der Waals surface area contributed by atoms with E-state index in [0.29, 0.717) is 11.5 Å². The molecule has 5 aromatic rings. The lowest BCUT2D eigenvalue weighted by Crippen LogP contribution is -2.31. The summed E-state index contributed by atoms with van der Waals surface area (Å²) in [5.74, 6) is 0.114. The number of hydrogen-bond acceptors (Lipinski definition) is 3. The molecule has 3 heterocycles. The fourth-order valence-electron chi connectivity index (χ4n) is 4.56. The number of aromatic nitrogens is 2. The monoisotopic (exact) mass is 419 g/mol. The van der Waals surface area contributed by atoms with Crippen molar-refractivity contribution in [3.8, 4) is 11.3 Å². The Morgan fingerprint density at radius 3 is 2.60 bits per heavy atom. The molecule has 0 N–H and O–H groups in total. The fourth-order valence-corrected chi connectivity index (χ4v) is 5.91. The number of nitrogens with zero attached hydrogens (tertiary/aromatic N) is 2. The maximum absolute atomic E-state index is 13.9. The summed E-state index contributed by atoms with van der Waals surface area (Å²) in [6.07, 6.45) is 1.89. The van der Waals surface area contributed by atoms with Crippen molar-refractivity contribution >= 4 is 43.5 Å². The van der Waals surface area contributed by atoms with Gasteiger partial charge >= 0.3 is 0 Å². The molecule has 5 rings (SSSR count). The van der Waals surface area contributed by atoms with Crippen LogP contribution < -0.4 is 4.57 Å². The van der Waals surface area contributed by atoms with E-state index >= 15 is 0 Å². The van der Waals surface area contributed by atoms with Crippen molar-refractivity contribution in [2.24, 2.45) is 7.05 Å². The Labute approximate surface area is 178 Å². The molecule has 0 spiro atoms. The molecule has 152 valence electrons. The topological polar surface area (TPSA) is 29.9 Å². The third kappa shape index (κ3) is 2.61. The van der Waals surface area contributed by atoms with Crippen molar-refractivity contribution in [2.45, 2.75) is 40.5 Å². The molecule has 0 radical (unpaired) electrons. The van der Waals surface area contributed by atoms with Crippen molar-refractivity contribution < 1.29 is 13.4 Å². The smallest absolute Gasteiger partial charge is 0.287 e. The molecular formula is C25H24FN2OS+. The van der Waals surface area contributed by atoms with E-state index in [4.69, 9.17) is 9.40 Å². The molecule has 2 aromatic carbocycles. The average Bonchev–Trinajstić information content (AvgIpc) is 3.20. The number of fused-ring (bicyclic) bond motifs is 4. The predicted octanol–water partition coefficient (Wildman–Crippen LogP) is 6.87. The number of halogens is 1. The van der Waals surface area contributed by atoms with Crippen LogP contribution >= 0.6 is 11.3 Å². The molecule has 0 aliphatic heterocycles. The van der Waals surface area contributed by atoms with E-state index in [2.05, 4.69) is 45.3 Å². The van der Waals surface area contributed by atoms with Gasteiger partial charge in [-0.3, -0.25) is 0 Å². The summed E-state index contributed by atoms with van der Waals surface area (Å²) >= 11 is 1.79. The summed E-state index contributed by atoms with van der Waals surface area (Å²) in [5.41, 5.74) is 8.28. The van der Waals surface area contributed by atoms with E-state index in [1.165, 1.54) is 38.4 Å². The van der Waals surface area contributed by atoms with Crippen LogP contribution in [0.15, 0.2) is 35.0 Å². The highest BCUT2D eigenvalue weighted by Crippen LogP contribution is 2.43. The first kappa shape index (κ1) is 19.2. The molecular weight excluding hydrogens is 395 g/mol. The number of thiophene rings is 1. The molecule has 0 bridgehead atoms. The molecule has 5 heteroatoms. The Bertz CT molecular complexity index is 1480. The normalized spacial score (nSPS) is 12.1. The van der Waals surface area contributed by atoms with Crippen LogP contribution in [0.4, 0.5) is 4.39 Å². The van der Waals surface area contributed by atoms with Gasteiger partial charge in [-0.1, -0.05) is 13.8 Å². The molecule has 30 heavy (non-hydrogen) atoms. The minimum Gasteiger partial charge on any atom is -0.455 e. The van der Waals surface area contributed by atoms with Crippen molar-refractivity contribution in [1.82, 2.24) is 4.98 Å². The molecule has 0 amide bonds. The number of rotatable bonds is 2. The van der Waals surface area contributed by atoms with E-state index in [9.17, 15) is 4.39 Å². The molecule has 3 aromatic heterocycles. The molecule has 0 fully saturated rings. The van der Waals surface area contributed by atoms with Crippen LogP contribution in [0.2, 0.25) is 0 Å². The van der Waals surface area contributed by atoms with Gasteiger partial charge in [0.05, 0.1) is 12.6 Å². The first-order valence-corrected chi connectivity index (χ1v) is 11.0.